The fourth-order valence-electron chi connectivity index (χ4n) is 3.08. The van der Waals surface area contributed by atoms with Crippen LogP contribution in [0.2, 0.25) is 5.02 Å². The first-order chi connectivity index (χ1) is 14.6. The number of carbonyl (C=O) groups is 1. The average molecular weight is 447 g/mol. The molecule has 0 unspecified atom stereocenters. The molecule has 0 aromatic carbocycles. The summed E-state index contributed by atoms with van der Waals surface area (Å²) < 4.78 is 15.6. The summed E-state index contributed by atoms with van der Waals surface area (Å²) in [5.41, 5.74) is 1.12. The van der Waals surface area contributed by atoms with E-state index >= 15 is 0 Å². The van der Waals surface area contributed by atoms with Gasteiger partial charge in [0.2, 0.25) is 0 Å². The predicted molar refractivity (Wildman–Crippen MR) is 116 cm³/mol. The lowest BCUT2D eigenvalue weighted by molar-refractivity contribution is -0.00177. The number of rotatable bonds is 7. The van der Waals surface area contributed by atoms with Crippen LogP contribution in [0.4, 0.5) is 10.1 Å². The van der Waals surface area contributed by atoms with Gasteiger partial charge in [-0.25, -0.2) is 13.9 Å². The fourth-order valence-corrected chi connectivity index (χ4v) is 3.23. The highest BCUT2D eigenvalue weighted by Gasteiger charge is 2.38. The van der Waals surface area contributed by atoms with Crippen LogP contribution in [0.1, 0.15) is 44.0 Å². The van der Waals surface area contributed by atoms with Gasteiger partial charge in [0, 0.05) is 17.9 Å². The third-order valence-corrected chi connectivity index (χ3v) is 5.59. The van der Waals surface area contributed by atoms with E-state index in [1.54, 1.807) is 23.0 Å². The Balaban J connectivity index is 1.65. The van der Waals surface area contributed by atoms with Crippen LogP contribution in [0.25, 0.3) is 16.9 Å². The zero-order valence-corrected chi connectivity index (χ0v) is 18.2. The number of amides is 1. The second kappa shape index (κ2) is 7.72. The molecule has 0 spiro atoms. The Hall–Kier alpha value is -2.78. The van der Waals surface area contributed by atoms with Gasteiger partial charge in [-0.3, -0.25) is 9.78 Å². The molecule has 8 nitrogen and oxygen atoms in total. The second-order valence-electron chi connectivity index (χ2n) is 8.73. The maximum atomic E-state index is 14.1. The van der Waals surface area contributed by atoms with Gasteiger partial charge in [0.05, 0.1) is 52.1 Å². The van der Waals surface area contributed by atoms with E-state index < -0.39 is 17.7 Å². The van der Waals surface area contributed by atoms with Crippen molar-refractivity contribution in [2.24, 2.45) is 0 Å². The zero-order valence-electron chi connectivity index (χ0n) is 17.5. The van der Waals surface area contributed by atoms with E-state index in [-0.39, 0.29) is 12.1 Å². The van der Waals surface area contributed by atoms with Crippen molar-refractivity contribution in [2.45, 2.75) is 50.9 Å². The topological polar surface area (TPSA) is 104 Å². The number of carbonyl (C=O) groups excluding carboxylic acids is 1. The Labute approximate surface area is 183 Å². The number of nitrogens with zero attached hydrogens (tertiary/aromatic N) is 4. The normalized spacial score (nSPS) is 16.2. The lowest BCUT2D eigenvalue weighted by atomic mass is 10.0. The molecule has 3 heterocycles. The molecule has 3 aromatic rings. The third-order valence-electron chi connectivity index (χ3n) is 5.39. The van der Waals surface area contributed by atoms with Crippen molar-refractivity contribution >= 4 is 28.8 Å². The number of hydrogen-bond donors (Lipinski definition) is 3. The van der Waals surface area contributed by atoms with Crippen LogP contribution in [-0.2, 0) is 0 Å². The van der Waals surface area contributed by atoms with Crippen molar-refractivity contribution in [3.05, 3.63) is 41.4 Å². The molecule has 1 aliphatic carbocycles. The minimum absolute atomic E-state index is 0.101. The summed E-state index contributed by atoms with van der Waals surface area (Å²) in [5, 5.41) is 20.4. The number of aromatic nitrogens is 4. The van der Waals surface area contributed by atoms with E-state index in [9.17, 15) is 14.3 Å². The molecule has 1 atom stereocenters. The monoisotopic (exact) mass is 446 g/mol. The molecule has 1 saturated carbocycles. The molecule has 0 radical (unpaired) electrons. The van der Waals surface area contributed by atoms with Gasteiger partial charge in [0.15, 0.2) is 5.65 Å². The molecular formula is C21H24ClFN6O2. The van der Waals surface area contributed by atoms with E-state index in [0.29, 0.717) is 33.2 Å². The molecule has 1 fully saturated rings. The van der Waals surface area contributed by atoms with Crippen LogP contribution in [0.3, 0.4) is 0 Å². The van der Waals surface area contributed by atoms with E-state index in [1.807, 2.05) is 0 Å². The first-order valence-electron chi connectivity index (χ1n) is 9.98. The van der Waals surface area contributed by atoms with E-state index in [4.69, 9.17) is 11.6 Å². The van der Waals surface area contributed by atoms with Gasteiger partial charge in [0.1, 0.15) is 6.17 Å². The molecule has 31 heavy (non-hydrogen) atoms. The van der Waals surface area contributed by atoms with Crippen LogP contribution < -0.4 is 10.6 Å². The fraction of sp³-hybridized carbons (Fsp3) is 0.429. The maximum absolute atomic E-state index is 14.1. The molecule has 1 amide bonds. The van der Waals surface area contributed by atoms with Crippen molar-refractivity contribution < 1.29 is 14.3 Å². The van der Waals surface area contributed by atoms with Crippen LogP contribution in [-0.4, -0.2) is 54.5 Å². The summed E-state index contributed by atoms with van der Waals surface area (Å²) in [4.78, 5) is 21.5. The van der Waals surface area contributed by atoms with Crippen LogP contribution >= 0.6 is 11.6 Å². The van der Waals surface area contributed by atoms with Crippen molar-refractivity contribution in [1.82, 2.24) is 24.9 Å². The lowest BCUT2D eigenvalue weighted by Gasteiger charge is -2.23. The third kappa shape index (κ3) is 4.62. The van der Waals surface area contributed by atoms with Gasteiger partial charge < -0.3 is 15.7 Å². The van der Waals surface area contributed by atoms with Gasteiger partial charge in [-0.15, -0.1) is 0 Å². The Morgan fingerprint density at radius 3 is 2.77 bits per heavy atom. The second-order valence-corrected chi connectivity index (χ2v) is 9.17. The minimum atomic E-state index is -1.60. The Kier molecular flexibility index (Phi) is 5.35. The highest BCUT2D eigenvalue weighted by molar-refractivity contribution is 6.30. The highest BCUT2D eigenvalue weighted by atomic mass is 35.5. The van der Waals surface area contributed by atoms with Gasteiger partial charge in [-0.2, -0.15) is 5.10 Å². The van der Waals surface area contributed by atoms with Gasteiger partial charge in [-0.1, -0.05) is 11.6 Å². The molecule has 0 saturated heterocycles. The summed E-state index contributed by atoms with van der Waals surface area (Å²) in [5.74, 6) is -0.470. The summed E-state index contributed by atoms with van der Waals surface area (Å²) in [7, 11) is 0. The summed E-state index contributed by atoms with van der Waals surface area (Å²) >= 11 is 5.98. The Morgan fingerprint density at radius 1 is 1.35 bits per heavy atom. The van der Waals surface area contributed by atoms with Gasteiger partial charge >= 0.3 is 0 Å². The highest BCUT2D eigenvalue weighted by Crippen LogP contribution is 2.39. The first-order valence-corrected chi connectivity index (χ1v) is 10.4. The van der Waals surface area contributed by atoms with Crippen LogP contribution in [0.15, 0.2) is 30.9 Å². The molecule has 3 N–H and O–H groups in total. The number of anilines is 1. The van der Waals surface area contributed by atoms with Crippen molar-refractivity contribution in [3.8, 4) is 11.3 Å². The van der Waals surface area contributed by atoms with Gasteiger partial charge in [0.25, 0.3) is 5.91 Å². The molecule has 0 bridgehead atoms. The Bertz CT molecular complexity index is 1140. The largest absolute Gasteiger partial charge is 0.387 e. The number of halogens is 2. The summed E-state index contributed by atoms with van der Waals surface area (Å²) in [6.07, 6.45) is 6.63. The van der Waals surface area contributed by atoms with E-state index in [0.717, 1.165) is 12.8 Å². The maximum Gasteiger partial charge on any atom is 0.255 e. The van der Waals surface area contributed by atoms with E-state index in [2.05, 4.69) is 32.6 Å². The number of hydrogen-bond acceptors (Lipinski definition) is 6. The number of pyridine rings is 1. The SMILES string of the molecule is CC1(Nc2cc(-c3cnn4cc(Cl)cnc34)ncc2C(=O)NC[C@@H](F)C(C)(C)O)CC1. The molecule has 10 heteroatoms. The predicted octanol–water partition coefficient (Wildman–Crippen LogP) is 3.25. The summed E-state index contributed by atoms with van der Waals surface area (Å²) in [6.45, 7) is 4.48. The quantitative estimate of drug-likeness (QED) is 0.514. The molecule has 4 rings (SSSR count). The number of nitrogens with one attached hydrogen (secondary N) is 2. The molecule has 0 aliphatic heterocycles. The average Bonchev–Trinajstić information content (AvgIpc) is 3.28. The van der Waals surface area contributed by atoms with Crippen molar-refractivity contribution in [1.29, 1.82) is 0 Å². The van der Waals surface area contributed by atoms with Crippen molar-refractivity contribution in [3.63, 3.8) is 0 Å². The van der Waals surface area contributed by atoms with Crippen LogP contribution in [0.5, 0.6) is 0 Å². The molecule has 3 aromatic heterocycles. The van der Waals surface area contributed by atoms with Crippen LogP contribution in [0, 0.1) is 0 Å². The summed E-state index contributed by atoms with van der Waals surface area (Å²) in [6, 6.07) is 1.77. The first kappa shape index (κ1) is 21.5. The number of fused-ring (bicyclic) bond motifs is 1. The van der Waals surface area contributed by atoms with Gasteiger partial charge in [-0.05, 0) is 39.7 Å². The Morgan fingerprint density at radius 2 is 2.10 bits per heavy atom. The molecule has 1 aliphatic rings. The smallest absolute Gasteiger partial charge is 0.255 e. The number of aliphatic hydroxyl groups is 1. The molecule has 164 valence electrons. The zero-order chi connectivity index (χ0) is 22.4. The van der Waals surface area contributed by atoms with Crippen molar-refractivity contribution in [2.75, 3.05) is 11.9 Å². The van der Waals surface area contributed by atoms with E-state index in [1.165, 1.54) is 26.2 Å². The number of alkyl halides is 1. The molecular weight excluding hydrogens is 423 g/mol. The minimum Gasteiger partial charge on any atom is -0.387 e. The lowest BCUT2D eigenvalue weighted by Crippen LogP contribution is -2.42. The standard InChI is InChI=1S/C21H24ClFN6O2/c1-20(2,31)17(23)10-26-19(30)14-8-24-15(6-16(14)28-21(3)4-5-21)13-9-27-29-11-12(22)7-25-18(13)29/h6-9,11,17,31H,4-5,10H2,1-3H3,(H,24,28)(H,26,30)/t17-/m1/s1.